The highest BCUT2D eigenvalue weighted by Crippen LogP contribution is 2.26. The molecule has 0 bridgehead atoms. The summed E-state index contributed by atoms with van der Waals surface area (Å²) in [5, 5.41) is 12.2. The van der Waals surface area contributed by atoms with E-state index in [-0.39, 0.29) is 11.6 Å². The van der Waals surface area contributed by atoms with Crippen molar-refractivity contribution in [3.63, 3.8) is 0 Å². The summed E-state index contributed by atoms with van der Waals surface area (Å²) in [6.45, 7) is 0. The van der Waals surface area contributed by atoms with E-state index in [4.69, 9.17) is 11.6 Å². The van der Waals surface area contributed by atoms with Crippen LogP contribution < -0.4 is 5.32 Å². The van der Waals surface area contributed by atoms with Crippen LogP contribution in [0.25, 0.3) is 16.7 Å². The van der Waals surface area contributed by atoms with Crippen LogP contribution in [-0.4, -0.2) is 30.6 Å². The first-order chi connectivity index (χ1) is 16.1. The van der Waals surface area contributed by atoms with Gasteiger partial charge in [-0.05, 0) is 60.7 Å². The normalized spacial score (nSPS) is 11.1. The zero-order valence-corrected chi connectivity index (χ0v) is 18.6. The van der Waals surface area contributed by atoms with E-state index in [0.29, 0.717) is 27.3 Å². The molecule has 2 N–H and O–H groups in total. The number of hydrogen-bond donors (Lipinski definition) is 2. The third kappa shape index (κ3) is 4.59. The zero-order valence-electron chi connectivity index (χ0n) is 17.0. The summed E-state index contributed by atoms with van der Waals surface area (Å²) in [5.74, 6) is 0.513. The Morgan fingerprint density at radius 2 is 1.79 bits per heavy atom. The number of amides is 1. The molecule has 164 valence electrons. The highest BCUT2D eigenvalue weighted by molar-refractivity contribution is 7.98. The lowest BCUT2D eigenvalue weighted by atomic mass is 10.3. The first kappa shape index (κ1) is 21.2. The van der Waals surface area contributed by atoms with Crippen LogP contribution in [0.1, 0.15) is 16.4 Å². The van der Waals surface area contributed by atoms with Crippen molar-refractivity contribution in [1.82, 2.24) is 24.7 Å². The zero-order chi connectivity index (χ0) is 22.8. The van der Waals surface area contributed by atoms with Crippen molar-refractivity contribution >= 4 is 46.0 Å². The van der Waals surface area contributed by atoms with E-state index in [2.05, 4.69) is 25.5 Å². The van der Waals surface area contributed by atoms with Crippen molar-refractivity contribution in [3.8, 4) is 5.69 Å². The molecule has 0 aliphatic rings. The van der Waals surface area contributed by atoms with Crippen LogP contribution in [0.15, 0.2) is 78.0 Å². The molecule has 0 radical (unpaired) electrons. The molecule has 2 aromatic heterocycles. The van der Waals surface area contributed by atoms with Gasteiger partial charge in [-0.1, -0.05) is 35.5 Å². The number of nitrogens with zero attached hydrogens (tertiary/aromatic N) is 4. The van der Waals surface area contributed by atoms with E-state index in [9.17, 15) is 9.18 Å². The molecule has 5 rings (SSSR count). The van der Waals surface area contributed by atoms with Gasteiger partial charge in [0.15, 0.2) is 5.16 Å². The Hall–Kier alpha value is -3.69. The molecule has 0 saturated carbocycles. The average molecular weight is 479 g/mol. The number of anilines is 1. The Labute approximate surface area is 197 Å². The molecule has 10 heteroatoms. The third-order valence-corrected chi connectivity index (χ3v) is 5.99. The first-order valence-corrected chi connectivity index (χ1v) is 11.3. The molecule has 0 atom stereocenters. The number of halogens is 2. The largest absolute Gasteiger partial charge is 0.341 e. The summed E-state index contributed by atoms with van der Waals surface area (Å²) in [6.07, 6.45) is 0. The van der Waals surface area contributed by atoms with Gasteiger partial charge in [-0.15, -0.1) is 10.2 Å². The molecule has 33 heavy (non-hydrogen) atoms. The van der Waals surface area contributed by atoms with E-state index in [1.54, 1.807) is 28.8 Å². The molecule has 0 aliphatic carbocycles. The molecule has 1 amide bonds. The predicted octanol–water partition coefficient (Wildman–Crippen LogP) is 5.48. The van der Waals surface area contributed by atoms with Gasteiger partial charge in [0.1, 0.15) is 11.6 Å². The number of imidazole rings is 1. The van der Waals surface area contributed by atoms with Gasteiger partial charge in [0.2, 0.25) is 5.82 Å². The van der Waals surface area contributed by atoms with E-state index in [0.717, 1.165) is 16.9 Å². The lowest BCUT2D eigenvalue weighted by molar-refractivity contribution is 0.101. The summed E-state index contributed by atoms with van der Waals surface area (Å²) in [5.41, 5.74) is 2.96. The number of para-hydroxylation sites is 2. The van der Waals surface area contributed by atoms with Crippen molar-refractivity contribution in [3.05, 3.63) is 95.3 Å². The van der Waals surface area contributed by atoms with Crippen LogP contribution in [0.5, 0.6) is 0 Å². The Morgan fingerprint density at radius 1 is 1.03 bits per heavy atom. The minimum absolute atomic E-state index is 0.0914. The van der Waals surface area contributed by atoms with E-state index in [1.165, 1.54) is 36.0 Å². The summed E-state index contributed by atoms with van der Waals surface area (Å²) >= 11 is 7.44. The van der Waals surface area contributed by atoms with Gasteiger partial charge < -0.3 is 10.3 Å². The van der Waals surface area contributed by atoms with Crippen LogP contribution in [0.3, 0.4) is 0 Å². The van der Waals surface area contributed by atoms with E-state index < -0.39 is 5.91 Å². The summed E-state index contributed by atoms with van der Waals surface area (Å²) in [7, 11) is 0. The molecule has 5 aromatic rings. The summed E-state index contributed by atoms with van der Waals surface area (Å²) < 4.78 is 14.9. The van der Waals surface area contributed by atoms with E-state index >= 15 is 0 Å². The van der Waals surface area contributed by atoms with Gasteiger partial charge in [-0.2, -0.15) is 0 Å². The fourth-order valence-electron chi connectivity index (χ4n) is 3.26. The molecule has 7 nitrogen and oxygen atoms in total. The lowest BCUT2D eigenvalue weighted by Gasteiger charge is -2.10. The molecule has 3 aromatic carbocycles. The van der Waals surface area contributed by atoms with E-state index in [1.807, 2.05) is 24.3 Å². The second-order valence-corrected chi connectivity index (χ2v) is 8.45. The maximum atomic E-state index is 13.2. The number of fused-ring (bicyclic) bond motifs is 1. The van der Waals surface area contributed by atoms with Gasteiger partial charge in [-0.25, -0.2) is 9.37 Å². The van der Waals surface area contributed by atoms with Gasteiger partial charge in [0.05, 0.1) is 22.5 Å². The number of hydrogen-bond acceptors (Lipinski definition) is 5. The fourth-order valence-corrected chi connectivity index (χ4v) is 4.21. The van der Waals surface area contributed by atoms with Crippen molar-refractivity contribution in [2.24, 2.45) is 0 Å². The predicted molar refractivity (Wildman–Crippen MR) is 126 cm³/mol. The maximum Gasteiger partial charge on any atom is 0.294 e. The Morgan fingerprint density at radius 3 is 2.55 bits per heavy atom. The molecule has 0 fully saturated rings. The molecule has 0 aliphatic heterocycles. The molecule has 0 spiro atoms. The monoisotopic (exact) mass is 478 g/mol. The number of rotatable bonds is 6. The van der Waals surface area contributed by atoms with Crippen LogP contribution in [0.2, 0.25) is 5.02 Å². The number of carbonyl (C=O) groups is 1. The molecule has 0 unspecified atom stereocenters. The molecule has 2 heterocycles. The van der Waals surface area contributed by atoms with Crippen LogP contribution in [0, 0.1) is 5.82 Å². The smallest absolute Gasteiger partial charge is 0.294 e. The Bertz CT molecular complexity index is 1400. The number of carbonyl (C=O) groups excluding carboxylic acids is 1. The Balaban J connectivity index is 1.45. The SMILES string of the molecule is O=C(Nc1ccc(F)cc1)c1nnc(SCc2nc3ccccc3[nH]2)n1-c1ccc(Cl)cc1. The van der Waals surface area contributed by atoms with Crippen molar-refractivity contribution in [2.45, 2.75) is 10.9 Å². The van der Waals surface area contributed by atoms with Crippen molar-refractivity contribution in [1.29, 1.82) is 0 Å². The highest BCUT2D eigenvalue weighted by Gasteiger charge is 2.21. The second-order valence-electron chi connectivity index (χ2n) is 7.07. The number of thioether (sulfide) groups is 1. The summed E-state index contributed by atoms with van der Waals surface area (Å²) in [6, 6.07) is 20.3. The first-order valence-electron chi connectivity index (χ1n) is 9.91. The number of H-pyrrole nitrogens is 1. The second kappa shape index (κ2) is 9.05. The maximum absolute atomic E-state index is 13.2. The number of benzene rings is 3. The minimum Gasteiger partial charge on any atom is -0.341 e. The molecule has 0 saturated heterocycles. The van der Waals surface area contributed by atoms with Crippen molar-refractivity contribution in [2.75, 3.05) is 5.32 Å². The van der Waals surface area contributed by atoms with Gasteiger partial charge in [-0.3, -0.25) is 9.36 Å². The number of aromatic nitrogens is 5. The average Bonchev–Trinajstić information content (AvgIpc) is 3.43. The van der Waals surface area contributed by atoms with Crippen LogP contribution in [-0.2, 0) is 5.75 Å². The van der Waals surface area contributed by atoms with Gasteiger partial charge in [0.25, 0.3) is 5.91 Å². The topological polar surface area (TPSA) is 88.5 Å². The standard InChI is InChI=1S/C23H16ClFN6OS/c24-14-5-11-17(12-6-14)31-21(22(32)26-16-9-7-15(25)8-10-16)29-30-23(31)33-13-20-27-18-3-1-2-4-19(18)28-20/h1-12H,13H2,(H,26,32)(H,27,28). The van der Waals surface area contributed by atoms with Crippen LogP contribution in [0.4, 0.5) is 10.1 Å². The number of aromatic amines is 1. The number of nitrogens with one attached hydrogen (secondary N) is 2. The fraction of sp³-hybridized carbons (Fsp3) is 0.0435. The quantitative estimate of drug-likeness (QED) is 0.315. The van der Waals surface area contributed by atoms with Gasteiger partial charge >= 0.3 is 0 Å². The van der Waals surface area contributed by atoms with Gasteiger partial charge in [0, 0.05) is 10.7 Å². The highest BCUT2D eigenvalue weighted by atomic mass is 35.5. The molecular weight excluding hydrogens is 463 g/mol. The Kier molecular flexibility index (Phi) is 5.80. The lowest BCUT2D eigenvalue weighted by Crippen LogP contribution is -2.18. The minimum atomic E-state index is -0.473. The summed E-state index contributed by atoms with van der Waals surface area (Å²) in [4.78, 5) is 20.9. The van der Waals surface area contributed by atoms with Crippen LogP contribution >= 0.6 is 23.4 Å². The third-order valence-electron chi connectivity index (χ3n) is 4.80. The molecular formula is C23H16ClFN6OS. The van der Waals surface area contributed by atoms with Crippen molar-refractivity contribution < 1.29 is 9.18 Å².